The first-order valence-electron chi connectivity index (χ1n) is 10.3. The van der Waals surface area contributed by atoms with Crippen molar-refractivity contribution in [3.8, 4) is 0 Å². The molecule has 3 atom stereocenters. The number of hydrogen-bond acceptors (Lipinski definition) is 4. The molecule has 5 rings (SSSR count). The van der Waals surface area contributed by atoms with E-state index in [2.05, 4.69) is 10.2 Å². The van der Waals surface area contributed by atoms with Crippen LogP contribution in [0.5, 0.6) is 0 Å². The number of thioether (sulfide) groups is 1. The summed E-state index contributed by atoms with van der Waals surface area (Å²) in [6.45, 7) is 3.62. The topological polar surface area (TPSA) is 52.7 Å². The average molecular weight is 386 g/mol. The normalized spacial score (nSPS) is 30.7. The van der Waals surface area contributed by atoms with E-state index in [1.807, 2.05) is 23.1 Å². The minimum absolute atomic E-state index is 0.0327. The zero-order chi connectivity index (χ0) is 18.4. The molecule has 5 nitrogen and oxygen atoms in total. The Hall–Kier alpha value is -1.53. The summed E-state index contributed by atoms with van der Waals surface area (Å²) in [4.78, 5) is 30.5. The molecular formula is C21H27N3O2S. The predicted molar refractivity (Wildman–Crippen MR) is 107 cm³/mol. The van der Waals surface area contributed by atoms with E-state index in [9.17, 15) is 9.59 Å². The summed E-state index contributed by atoms with van der Waals surface area (Å²) in [5.41, 5.74) is 1.47. The number of carbonyl (C=O) groups is 2. The zero-order valence-corrected chi connectivity index (χ0v) is 16.5. The van der Waals surface area contributed by atoms with E-state index in [-0.39, 0.29) is 11.8 Å². The van der Waals surface area contributed by atoms with Gasteiger partial charge in [0.2, 0.25) is 5.91 Å². The van der Waals surface area contributed by atoms with Crippen molar-refractivity contribution in [3.63, 3.8) is 0 Å². The minimum atomic E-state index is 0.0327. The lowest BCUT2D eigenvalue weighted by Gasteiger charge is -2.41. The van der Waals surface area contributed by atoms with Gasteiger partial charge in [-0.3, -0.25) is 14.5 Å². The van der Waals surface area contributed by atoms with Gasteiger partial charge in [-0.1, -0.05) is 6.42 Å². The molecule has 2 aliphatic heterocycles. The van der Waals surface area contributed by atoms with Crippen LogP contribution in [0.2, 0.25) is 0 Å². The van der Waals surface area contributed by atoms with Crippen LogP contribution in [0, 0.1) is 11.8 Å². The highest BCUT2D eigenvalue weighted by Gasteiger charge is 2.43. The summed E-state index contributed by atoms with van der Waals surface area (Å²) in [5.74, 6) is 2.78. The van der Waals surface area contributed by atoms with Crippen molar-refractivity contribution in [3.05, 3.63) is 23.8 Å². The number of hydrogen-bond donors (Lipinski definition) is 1. The summed E-state index contributed by atoms with van der Waals surface area (Å²) in [5, 5.41) is 2.94. The lowest BCUT2D eigenvalue weighted by molar-refractivity contribution is -0.115. The molecular weight excluding hydrogens is 358 g/mol. The number of nitrogens with zero attached hydrogens (tertiary/aromatic N) is 2. The summed E-state index contributed by atoms with van der Waals surface area (Å²) >= 11 is 1.67. The number of nitrogens with one attached hydrogen (secondary N) is 1. The first-order chi connectivity index (χ1) is 13.2. The van der Waals surface area contributed by atoms with Crippen LogP contribution in [-0.2, 0) is 4.79 Å². The molecule has 0 aromatic heterocycles. The Bertz CT molecular complexity index is 760. The average Bonchev–Trinajstić information content (AvgIpc) is 3.27. The van der Waals surface area contributed by atoms with Gasteiger partial charge in [0.15, 0.2) is 0 Å². The van der Waals surface area contributed by atoms with E-state index in [0.717, 1.165) is 60.4 Å². The monoisotopic (exact) mass is 385 g/mol. The Morgan fingerprint density at radius 3 is 2.70 bits per heavy atom. The fourth-order valence-corrected chi connectivity index (χ4v) is 6.39. The Morgan fingerprint density at radius 1 is 1.11 bits per heavy atom. The molecule has 0 radical (unpaired) electrons. The molecule has 2 aliphatic carbocycles. The number of rotatable bonds is 2. The molecule has 4 aliphatic rings. The number of anilines is 1. The maximum atomic E-state index is 13.0. The first kappa shape index (κ1) is 17.6. The van der Waals surface area contributed by atoms with Gasteiger partial charge in [0.05, 0.1) is 5.69 Å². The fraction of sp³-hybridized carbons (Fsp3) is 0.619. The van der Waals surface area contributed by atoms with Crippen LogP contribution < -0.4 is 5.32 Å². The Kier molecular flexibility index (Phi) is 4.64. The molecule has 144 valence electrons. The van der Waals surface area contributed by atoms with Crippen LogP contribution in [0.4, 0.5) is 5.69 Å². The van der Waals surface area contributed by atoms with E-state index in [1.165, 1.54) is 25.7 Å². The molecule has 27 heavy (non-hydrogen) atoms. The summed E-state index contributed by atoms with van der Waals surface area (Å²) in [6, 6.07) is 6.51. The van der Waals surface area contributed by atoms with Crippen LogP contribution in [0.1, 0.15) is 42.5 Å². The predicted octanol–water partition coefficient (Wildman–Crippen LogP) is 3.07. The van der Waals surface area contributed by atoms with Crippen molar-refractivity contribution >= 4 is 29.3 Å². The molecule has 1 aromatic rings. The van der Waals surface area contributed by atoms with Gasteiger partial charge in [0.25, 0.3) is 5.91 Å². The second-order valence-electron chi connectivity index (χ2n) is 8.43. The molecule has 2 heterocycles. The molecule has 6 heteroatoms. The van der Waals surface area contributed by atoms with Crippen LogP contribution in [-0.4, -0.2) is 59.6 Å². The number of amides is 2. The lowest BCUT2D eigenvalue weighted by atomic mass is 9.93. The van der Waals surface area contributed by atoms with Crippen LogP contribution >= 0.6 is 11.8 Å². The van der Waals surface area contributed by atoms with Crippen molar-refractivity contribution in [2.24, 2.45) is 11.8 Å². The van der Waals surface area contributed by atoms with Gasteiger partial charge in [-0.05, 0) is 49.3 Å². The van der Waals surface area contributed by atoms with Crippen molar-refractivity contribution in [2.75, 3.05) is 37.2 Å². The summed E-state index contributed by atoms with van der Waals surface area (Å²) in [6.07, 6.45) is 6.18. The molecule has 3 fully saturated rings. The molecule has 0 unspecified atom stereocenters. The molecule has 1 aromatic carbocycles. The van der Waals surface area contributed by atoms with E-state index in [1.54, 1.807) is 11.8 Å². The van der Waals surface area contributed by atoms with Gasteiger partial charge >= 0.3 is 0 Å². The SMILES string of the molecule is O=C1CCSc2ccc(C(=O)N3CCN([C@@H]4C[C@@H]5CC[C@H]4C5)CC3)cc2N1. The van der Waals surface area contributed by atoms with Gasteiger partial charge in [-0.2, -0.15) is 0 Å². The van der Waals surface area contributed by atoms with Crippen molar-refractivity contribution in [2.45, 2.75) is 43.0 Å². The molecule has 2 bridgehead atoms. The van der Waals surface area contributed by atoms with Crippen molar-refractivity contribution < 1.29 is 9.59 Å². The zero-order valence-electron chi connectivity index (χ0n) is 15.7. The maximum absolute atomic E-state index is 13.0. The standard InChI is InChI=1S/C21H27N3O2S/c25-20-5-10-27-19-4-3-16(13-17(19)22-20)21(26)24-8-6-23(7-9-24)18-12-14-1-2-15(18)11-14/h3-4,13-15,18H,1-2,5-12H2,(H,22,25)/t14-,15+,18-/m1/s1. The van der Waals surface area contributed by atoms with Gasteiger partial charge in [0, 0.05) is 54.9 Å². The number of carbonyl (C=O) groups excluding carboxylic acids is 2. The first-order valence-corrected chi connectivity index (χ1v) is 11.3. The maximum Gasteiger partial charge on any atom is 0.254 e. The van der Waals surface area contributed by atoms with Crippen molar-refractivity contribution in [1.29, 1.82) is 0 Å². The highest BCUT2D eigenvalue weighted by Crippen LogP contribution is 2.46. The molecule has 2 amide bonds. The second kappa shape index (κ2) is 7.13. The third-order valence-corrected chi connectivity index (χ3v) is 7.93. The van der Waals surface area contributed by atoms with Crippen molar-refractivity contribution in [1.82, 2.24) is 9.80 Å². The van der Waals surface area contributed by atoms with E-state index < -0.39 is 0 Å². The van der Waals surface area contributed by atoms with Gasteiger partial charge in [-0.25, -0.2) is 0 Å². The summed E-state index contributed by atoms with van der Waals surface area (Å²) < 4.78 is 0. The smallest absolute Gasteiger partial charge is 0.254 e. The number of benzene rings is 1. The summed E-state index contributed by atoms with van der Waals surface area (Å²) in [7, 11) is 0. The van der Waals surface area contributed by atoms with E-state index >= 15 is 0 Å². The molecule has 1 N–H and O–H groups in total. The van der Waals surface area contributed by atoms with Crippen LogP contribution in [0.25, 0.3) is 0 Å². The van der Waals surface area contributed by atoms with Gasteiger partial charge in [-0.15, -0.1) is 11.8 Å². The largest absolute Gasteiger partial charge is 0.336 e. The van der Waals surface area contributed by atoms with Gasteiger partial charge in [0.1, 0.15) is 0 Å². The quantitative estimate of drug-likeness (QED) is 0.850. The Morgan fingerprint density at radius 2 is 1.96 bits per heavy atom. The Labute approximate surface area is 164 Å². The second-order valence-corrected chi connectivity index (χ2v) is 9.56. The highest BCUT2D eigenvalue weighted by molar-refractivity contribution is 7.99. The number of fused-ring (bicyclic) bond motifs is 3. The van der Waals surface area contributed by atoms with E-state index in [4.69, 9.17) is 0 Å². The molecule has 1 saturated heterocycles. The van der Waals surface area contributed by atoms with E-state index in [0.29, 0.717) is 12.0 Å². The lowest BCUT2D eigenvalue weighted by Crippen LogP contribution is -2.53. The van der Waals surface area contributed by atoms with Crippen LogP contribution in [0.3, 0.4) is 0 Å². The number of piperazine rings is 1. The van der Waals surface area contributed by atoms with Crippen LogP contribution in [0.15, 0.2) is 23.1 Å². The highest BCUT2D eigenvalue weighted by atomic mass is 32.2. The minimum Gasteiger partial charge on any atom is -0.336 e. The molecule has 0 spiro atoms. The third-order valence-electron chi connectivity index (χ3n) is 6.86. The fourth-order valence-electron chi connectivity index (χ4n) is 5.45. The third kappa shape index (κ3) is 3.38. The Balaban J connectivity index is 1.24. The molecule has 2 saturated carbocycles. The van der Waals surface area contributed by atoms with Gasteiger partial charge < -0.3 is 10.2 Å².